The van der Waals surface area contributed by atoms with Crippen molar-refractivity contribution in [2.45, 2.75) is 0 Å². The van der Waals surface area contributed by atoms with Crippen molar-refractivity contribution in [1.82, 2.24) is 5.32 Å². The summed E-state index contributed by atoms with van der Waals surface area (Å²) >= 11 is 3.14. The molecule has 0 spiro atoms. The summed E-state index contributed by atoms with van der Waals surface area (Å²) in [7, 11) is 0. The Morgan fingerprint density at radius 2 is 1.77 bits per heavy atom. The molecule has 3 rings (SSSR count). The number of para-hydroxylation sites is 1. The normalized spacial score (nSPS) is 17.0. The molecule has 22 heavy (non-hydrogen) atoms. The van der Waals surface area contributed by atoms with Crippen molar-refractivity contribution < 1.29 is 18.8 Å². The van der Waals surface area contributed by atoms with Crippen LogP contribution in [0, 0.1) is 0 Å². The zero-order chi connectivity index (χ0) is 15.7. The van der Waals surface area contributed by atoms with Crippen LogP contribution in [-0.2, 0) is 9.59 Å². The van der Waals surface area contributed by atoms with Crippen LogP contribution in [0.5, 0.6) is 0 Å². The Hall–Kier alpha value is -2.67. The van der Waals surface area contributed by atoms with Gasteiger partial charge in [-0.1, -0.05) is 18.2 Å². The number of urea groups is 1. The minimum atomic E-state index is -0.779. The summed E-state index contributed by atoms with van der Waals surface area (Å²) in [6.45, 7) is 0. The van der Waals surface area contributed by atoms with Crippen LogP contribution in [0.25, 0.3) is 6.08 Å². The Bertz CT molecular complexity index is 795. The summed E-state index contributed by atoms with van der Waals surface area (Å²) in [4.78, 5) is 37.2. The molecule has 1 N–H and O–H groups in total. The topological polar surface area (TPSA) is 79.6 Å². The number of amides is 4. The van der Waals surface area contributed by atoms with Crippen molar-refractivity contribution >= 4 is 45.5 Å². The van der Waals surface area contributed by atoms with E-state index in [-0.39, 0.29) is 5.57 Å². The molecule has 1 aromatic carbocycles. The van der Waals surface area contributed by atoms with Crippen molar-refractivity contribution in [3.05, 3.63) is 58.5 Å². The number of anilines is 1. The predicted octanol–water partition coefficient (Wildman–Crippen LogP) is 2.71. The van der Waals surface area contributed by atoms with E-state index in [1.165, 1.54) is 6.08 Å². The highest BCUT2D eigenvalue weighted by atomic mass is 79.9. The first-order chi connectivity index (χ1) is 10.6. The maximum absolute atomic E-state index is 12.5. The van der Waals surface area contributed by atoms with Crippen LogP contribution in [0.4, 0.5) is 10.5 Å². The maximum atomic E-state index is 12.5. The fourth-order valence-corrected chi connectivity index (χ4v) is 2.34. The molecule has 0 unspecified atom stereocenters. The van der Waals surface area contributed by atoms with E-state index in [9.17, 15) is 14.4 Å². The molecule has 4 amide bonds. The smallest absolute Gasteiger partial charge is 0.335 e. The summed E-state index contributed by atoms with van der Waals surface area (Å²) < 4.78 is 5.73. The lowest BCUT2D eigenvalue weighted by molar-refractivity contribution is -0.122. The Morgan fingerprint density at radius 3 is 2.41 bits per heavy atom. The molecule has 2 heterocycles. The van der Waals surface area contributed by atoms with Gasteiger partial charge in [0.2, 0.25) is 0 Å². The van der Waals surface area contributed by atoms with Crippen LogP contribution >= 0.6 is 15.9 Å². The van der Waals surface area contributed by atoms with E-state index in [4.69, 9.17) is 4.42 Å². The number of nitrogens with one attached hydrogen (secondary N) is 1. The predicted molar refractivity (Wildman–Crippen MR) is 81.9 cm³/mol. The Kier molecular flexibility index (Phi) is 3.64. The minimum absolute atomic E-state index is 0.176. The summed E-state index contributed by atoms with van der Waals surface area (Å²) in [5.41, 5.74) is 0.203. The summed E-state index contributed by atoms with van der Waals surface area (Å²) in [6.07, 6.45) is 1.30. The number of carbonyl (C=O) groups is 3. The standard InChI is InChI=1S/C15H9BrN2O4/c16-12-7-6-10(22-12)8-11-13(19)17-15(21)18(14(11)20)9-4-2-1-3-5-9/h1-8H,(H,17,19,21)/b11-8-. The monoisotopic (exact) mass is 360 g/mol. The molecule has 0 saturated carbocycles. The van der Waals surface area contributed by atoms with Gasteiger partial charge in [-0.2, -0.15) is 0 Å². The quantitative estimate of drug-likeness (QED) is 0.659. The van der Waals surface area contributed by atoms with Crippen molar-refractivity contribution in [2.24, 2.45) is 0 Å². The fourth-order valence-electron chi connectivity index (χ4n) is 2.02. The lowest BCUT2D eigenvalue weighted by Gasteiger charge is -2.26. The second kappa shape index (κ2) is 5.61. The van der Waals surface area contributed by atoms with Crippen molar-refractivity contribution in [2.75, 3.05) is 4.90 Å². The molecule has 0 aliphatic carbocycles. The van der Waals surface area contributed by atoms with Crippen molar-refractivity contribution in [1.29, 1.82) is 0 Å². The van der Waals surface area contributed by atoms with E-state index in [2.05, 4.69) is 21.2 Å². The molecule has 0 bridgehead atoms. The highest BCUT2D eigenvalue weighted by molar-refractivity contribution is 9.10. The van der Waals surface area contributed by atoms with Gasteiger partial charge in [0, 0.05) is 0 Å². The van der Waals surface area contributed by atoms with Crippen LogP contribution in [-0.4, -0.2) is 17.8 Å². The molecule has 110 valence electrons. The van der Waals surface area contributed by atoms with E-state index in [1.807, 2.05) is 0 Å². The van der Waals surface area contributed by atoms with E-state index < -0.39 is 17.8 Å². The van der Waals surface area contributed by atoms with E-state index in [0.29, 0.717) is 16.1 Å². The zero-order valence-corrected chi connectivity index (χ0v) is 12.7. The Labute approximate surface area is 133 Å². The number of hydrogen-bond donors (Lipinski definition) is 1. The van der Waals surface area contributed by atoms with Crippen LogP contribution in [0.1, 0.15) is 5.76 Å². The van der Waals surface area contributed by atoms with Gasteiger partial charge in [0.25, 0.3) is 11.8 Å². The molecule has 6 nitrogen and oxygen atoms in total. The number of rotatable bonds is 2. The molecular weight excluding hydrogens is 352 g/mol. The molecule has 1 fully saturated rings. The number of barbiturate groups is 1. The van der Waals surface area contributed by atoms with E-state index >= 15 is 0 Å². The number of halogens is 1. The highest BCUT2D eigenvalue weighted by Gasteiger charge is 2.36. The number of hydrogen-bond acceptors (Lipinski definition) is 4. The van der Waals surface area contributed by atoms with E-state index in [1.54, 1.807) is 42.5 Å². The molecule has 2 aromatic rings. The van der Waals surface area contributed by atoms with Crippen molar-refractivity contribution in [3.63, 3.8) is 0 Å². The number of benzene rings is 1. The number of furan rings is 1. The second-order valence-electron chi connectivity index (χ2n) is 4.44. The van der Waals surface area contributed by atoms with Gasteiger partial charge in [-0.25, -0.2) is 9.69 Å². The van der Waals surface area contributed by atoms with Crippen LogP contribution in [0.2, 0.25) is 0 Å². The third-order valence-electron chi connectivity index (χ3n) is 3.00. The SMILES string of the molecule is O=C1NC(=O)N(c2ccccc2)C(=O)/C1=C\c1ccc(Br)o1. The second-order valence-corrected chi connectivity index (χ2v) is 5.22. The molecule has 1 aromatic heterocycles. The van der Waals surface area contributed by atoms with Gasteiger partial charge >= 0.3 is 6.03 Å². The highest BCUT2D eigenvalue weighted by Crippen LogP contribution is 2.22. The third-order valence-corrected chi connectivity index (χ3v) is 3.42. The van der Waals surface area contributed by atoms with Crippen LogP contribution < -0.4 is 10.2 Å². The minimum Gasteiger partial charge on any atom is -0.450 e. The van der Waals surface area contributed by atoms with Gasteiger partial charge in [0.1, 0.15) is 11.3 Å². The van der Waals surface area contributed by atoms with Crippen LogP contribution in [0.15, 0.2) is 57.1 Å². The van der Waals surface area contributed by atoms with Crippen molar-refractivity contribution in [3.8, 4) is 0 Å². The molecule has 0 radical (unpaired) electrons. The molecule has 0 atom stereocenters. The summed E-state index contributed by atoms with van der Waals surface area (Å²) in [6, 6.07) is 10.8. The first-order valence-electron chi connectivity index (χ1n) is 6.28. The number of imide groups is 2. The van der Waals surface area contributed by atoms with Gasteiger partial charge in [0.05, 0.1) is 5.69 Å². The molecule has 7 heteroatoms. The lowest BCUT2D eigenvalue weighted by atomic mass is 10.1. The Balaban J connectivity index is 2.01. The Morgan fingerprint density at radius 1 is 1.05 bits per heavy atom. The largest absolute Gasteiger partial charge is 0.450 e. The van der Waals surface area contributed by atoms with Crippen LogP contribution in [0.3, 0.4) is 0 Å². The van der Waals surface area contributed by atoms with Gasteiger partial charge in [-0.05, 0) is 46.3 Å². The average Bonchev–Trinajstić information content (AvgIpc) is 2.90. The number of nitrogens with zero attached hydrogens (tertiary/aromatic N) is 1. The lowest BCUT2D eigenvalue weighted by Crippen LogP contribution is -2.54. The summed E-state index contributed by atoms with van der Waals surface area (Å²) in [5, 5.41) is 2.14. The summed E-state index contributed by atoms with van der Waals surface area (Å²) in [5.74, 6) is -1.13. The molecule has 1 aliphatic rings. The van der Waals surface area contributed by atoms with E-state index in [0.717, 1.165) is 4.90 Å². The average molecular weight is 361 g/mol. The first-order valence-corrected chi connectivity index (χ1v) is 7.07. The zero-order valence-electron chi connectivity index (χ0n) is 11.1. The third kappa shape index (κ3) is 2.58. The van der Waals surface area contributed by atoms with Gasteiger partial charge in [-0.15, -0.1) is 0 Å². The fraction of sp³-hybridized carbons (Fsp3) is 0. The van der Waals surface area contributed by atoms with Gasteiger partial charge in [-0.3, -0.25) is 14.9 Å². The maximum Gasteiger partial charge on any atom is 0.335 e. The first kappa shape index (κ1) is 14.3. The number of carbonyl (C=O) groups excluding carboxylic acids is 3. The van der Waals surface area contributed by atoms with Gasteiger partial charge < -0.3 is 4.42 Å². The molecular formula is C15H9BrN2O4. The van der Waals surface area contributed by atoms with Gasteiger partial charge in [0.15, 0.2) is 4.67 Å². The molecule has 1 aliphatic heterocycles. The molecule has 1 saturated heterocycles.